The van der Waals surface area contributed by atoms with Crippen LogP contribution in [0.25, 0.3) is 0 Å². The summed E-state index contributed by atoms with van der Waals surface area (Å²) in [6, 6.07) is 0.422. The molecule has 70 valence electrons. The van der Waals surface area contributed by atoms with Crippen molar-refractivity contribution >= 4 is 5.91 Å². The van der Waals surface area contributed by atoms with Gasteiger partial charge in [-0.25, -0.2) is 0 Å². The van der Waals surface area contributed by atoms with Crippen LogP contribution in [0.4, 0.5) is 0 Å². The second-order valence-corrected chi connectivity index (χ2v) is 4.44. The largest absolute Gasteiger partial charge is 0.335 e. The molecular formula is C10H19NO. The molecule has 1 heterocycles. The number of carbonyl (C=O) groups excluding carboxylic acids is 1. The van der Waals surface area contributed by atoms with Crippen molar-refractivity contribution in [2.75, 3.05) is 0 Å². The maximum Gasteiger partial charge on any atom is 0.220 e. The molecule has 2 heteroatoms. The monoisotopic (exact) mass is 169 g/mol. The quantitative estimate of drug-likeness (QED) is 0.544. The highest BCUT2D eigenvalue weighted by atomic mass is 16.2. The van der Waals surface area contributed by atoms with E-state index in [1.54, 1.807) is 6.92 Å². The Balaban J connectivity index is 2.81. The van der Waals surface area contributed by atoms with Crippen molar-refractivity contribution < 1.29 is 4.79 Å². The highest BCUT2D eigenvalue weighted by molar-refractivity contribution is 5.74. The first-order chi connectivity index (χ1) is 5.45. The smallest absolute Gasteiger partial charge is 0.220 e. The molecule has 0 spiro atoms. The van der Waals surface area contributed by atoms with Crippen LogP contribution < -0.4 is 0 Å². The predicted molar refractivity (Wildman–Crippen MR) is 49.9 cm³/mol. The number of likely N-dealkylation sites (tertiary alicyclic amines) is 1. The zero-order chi connectivity index (χ0) is 9.35. The number of carbonyl (C=O) groups is 1. The summed E-state index contributed by atoms with van der Waals surface area (Å²) < 4.78 is 0. The van der Waals surface area contributed by atoms with Gasteiger partial charge >= 0.3 is 0 Å². The van der Waals surface area contributed by atoms with Crippen LogP contribution in [0.3, 0.4) is 0 Å². The van der Waals surface area contributed by atoms with Gasteiger partial charge in [0.2, 0.25) is 5.91 Å². The fraction of sp³-hybridized carbons (Fsp3) is 0.900. The van der Waals surface area contributed by atoms with E-state index in [0.717, 1.165) is 12.8 Å². The number of nitrogens with zero attached hydrogens (tertiary/aromatic N) is 1. The Morgan fingerprint density at radius 1 is 1.50 bits per heavy atom. The topological polar surface area (TPSA) is 20.3 Å². The molecule has 0 aliphatic carbocycles. The molecule has 0 saturated carbocycles. The fourth-order valence-electron chi connectivity index (χ4n) is 2.41. The normalized spacial score (nSPS) is 28.7. The standard InChI is InChI=1S/C10H19NO/c1-8-6-5-7-10(3,4)11(8)9(2)12/h8H,5-7H2,1-4H3. The molecule has 1 amide bonds. The second-order valence-electron chi connectivity index (χ2n) is 4.44. The Morgan fingerprint density at radius 2 is 2.08 bits per heavy atom. The van der Waals surface area contributed by atoms with Gasteiger partial charge in [0.15, 0.2) is 0 Å². The third-order valence-electron chi connectivity index (χ3n) is 2.84. The van der Waals surface area contributed by atoms with Crippen LogP contribution in [-0.4, -0.2) is 22.4 Å². The van der Waals surface area contributed by atoms with Crippen LogP contribution in [0, 0.1) is 0 Å². The zero-order valence-corrected chi connectivity index (χ0v) is 8.55. The van der Waals surface area contributed by atoms with E-state index in [-0.39, 0.29) is 11.4 Å². The second kappa shape index (κ2) is 3.08. The van der Waals surface area contributed by atoms with Gasteiger partial charge in [-0.2, -0.15) is 0 Å². The van der Waals surface area contributed by atoms with Crippen molar-refractivity contribution in [3.8, 4) is 0 Å². The molecule has 2 nitrogen and oxygen atoms in total. The number of amides is 1. The van der Waals surface area contributed by atoms with E-state index < -0.39 is 0 Å². The van der Waals surface area contributed by atoms with Gasteiger partial charge in [-0.05, 0) is 40.0 Å². The summed E-state index contributed by atoms with van der Waals surface area (Å²) in [4.78, 5) is 13.4. The SMILES string of the molecule is CC(=O)N1C(C)CCCC1(C)C. The summed E-state index contributed by atoms with van der Waals surface area (Å²) in [7, 11) is 0. The van der Waals surface area contributed by atoms with Gasteiger partial charge in [0.25, 0.3) is 0 Å². The molecule has 0 radical (unpaired) electrons. The number of rotatable bonds is 0. The van der Waals surface area contributed by atoms with Gasteiger partial charge in [-0.1, -0.05) is 0 Å². The number of hydrogen-bond acceptors (Lipinski definition) is 1. The third-order valence-corrected chi connectivity index (χ3v) is 2.84. The molecule has 1 unspecified atom stereocenters. The van der Waals surface area contributed by atoms with E-state index in [0.29, 0.717) is 6.04 Å². The predicted octanol–water partition coefficient (Wildman–Crippen LogP) is 2.19. The maximum absolute atomic E-state index is 11.4. The maximum atomic E-state index is 11.4. The summed E-state index contributed by atoms with van der Waals surface area (Å²) in [6.07, 6.45) is 3.54. The van der Waals surface area contributed by atoms with Gasteiger partial charge in [0.1, 0.15) is 0 Å². The van der Waals surface area contributed by atoms with Crippen LogP contribution in [0.2, 0.25) is 0 Å². The minimum absolute atomic E-state index is 0.0729. The molecule has 0 aromatic rings. The van der Waals surface area contributed by atoms with Gasteiger partial charge < -0.3 is 4.90 Å². The lowest BCUT2D eigenvalue weighted by Crippen LogP contribution is -2.54. The highest BCUT2D eigenvalue weighted by Gasteiger charge is 2.35. The van der Waals surface area contributed by atoms with E-state index in [2.05, 4.69) is 20.8 Å². The van der Waals surface area contributed by atoms with E-state index in [1.807, 2.05) is 4.90 Å². The Labute approximate surface area is 74.9 Å². The summed E-state index contributed by atoms with van der Waals surface area (Å²) in [5.41, 5.74) is 0.0729. The van der Waals surface area contributed by atoms with E-state index in [9.17, 15) is 4.79 Å². The summed E-state index contributed by atoms with van der Waals surface area (Å²) >= 11 is 0. The molecule has 0 N–H and O–H groups in total. The van der Waals surface area contributed by atoms with Crippen molar-refractivity contribution in [1.29, 1.82) is 0 Å². The first-order valence-electron chi connectivity index (χ1n) is 4.75. The molecule has 1 fully saturated rings. The van der Waals surface area contributed by atoms with Crippen LogP contribution in [0.1, 0.15) is 47.0 Å². The van der Waals surface area contributed by atoms with Crippen molar-refractivity contribution in [1.82, 2.24) is 4.90 Å². The summed E-state index contributed by atoms with van der Waals surface area (Å²) in [6.45, 7) is 8.12. The minimum Gasteiger partial charge on any atom is -0.335 e. The Bertz CT molecular complexity index is 186. The average Bonchev–Trinajstić information content (AvgIpc) is 1.82. The highest BCUT2D eigenvalue weighted by Crippen LogP contribution is 2.31. The molecule has 0 aromatic heterocycles. The van der Waals surface area contributed by atoms with Gasteiger partial charge in [0, 0.05) is 18.5 Å². The van der Waals surface area contributed by atoms with E-state index in [1.165, 1.54) is 6.42 Å². The van der Waals surface area contributed by atoms with Crippen molar-refractivity contribution in [3.63, 3.8) is 0 Å². The Morgan fingerprint density at radius 3 is 2.42 bits per heavy atom. The third kappa shape index (κ3) is 1.62. The average molecular weight is 169 g/mol. The van der Waals surface area contributed by atoms with E-state index >= 15 is 0 Å². The molecule has 0 bridgehead atoms. The summed E-state index contributed by atoms with van der Waals surface area (Å²) in [5.74, 6) is 0.215. The lowest BCUT2D eigenvalue weighted by atomic mass is 9.87. The fourth-order valence-corrected chi connectivity index (χ4v) is 2.41. The molecular weight excluding hydrogens is 150 g/mol. The van der Waals surface area contributed by atoms with Gasteiger partial charge in [-0.15, -0.1) is 0 Å². The summed E-state index contributed by atoms with van der Waals surface area (Å²) in [5, 5.41) is 0. The molecule has 1 saturated heterocycles. The first kappa shape index (κ1) is 9.56. The van der Waals surface area contributed by atoms with Crippen LogP contribution in [-0.2, 0) is 4.79 Å². The first-order valence-corrected chi connectivity index (χ1v) is 4.75. The Hall–Kier alpha value is -0.530. The van der Waals surface area contributed by atoms with Crippen LogP contribution in [0.15, 0.2) is 0 Å². The van der Waals surface area contributed by atoms with Crippen LogP contribution in [0.5, 0.6) is 0 Å². The van der Waals surface area contributed by atoms with Gasteiger partial charge in [-0.3, -0.25) is 4.79 Å². The lowest BCUT2D eigenvalue weighted by Gasteiger charge is -2.46. The molecule has 1 atom stereocenters. The zero-order valence-electron chi connectivity index (χ0n) is 8.55. The Kier molecular flexibility index (Phi) is 2.45. The molecule has 0 aromatic carbocycles. The number of piperidine rings is 1. The lowest BCUT2D eigenvalue weighted by molar-refractivity contribution is -0.139. The molecule has 1 aliphatic rings. The molecule has 1 aliphatic heterocycles. The molecule has 1 rings (SSSR count). The van der Waals surface area contributed by atoms with Crippen molar-refractivity contribution in [3.05, 3.63) is 0 Å². The van der Waals surface area contributed by atoms with Crippen molar-refractivity contribution in [2.45, 2.75) is 58.5 Å². The minimum atomic E-state index is 0.0729. The van der Waals surface area contributed by atoms with Gasteiger partial charge in [0.05, 0.1) is 0 Å². The number of hydrogen-bond donors (Lipinski definition) is 0. The molecule has 12 heavy (non-hydrogen) atoms. The van der Waals surface area contributed by atoms with Crippen LogP contribution >= 0.6 is 0 Å². The van der Waals surface area contributed by atoms with Crippen molar-refractivity contribution in [2.24, 2.45) is 0 Å². The van der Waals surface area contributed by atoms with E-state index in [4.69, 9.17) is 0 Å².